The van der Waals surface area contributed by atoms with Crippen molar-refractivity contribution in [1.29, 1.82) is 0 Å². The van der Waals surface area contributed by atoms with E-state index in [0.717, 1.165) is 65.1 Å². The maximum Gasteiger partial charge on any atom is 0.223 e. The molecule has 0 aromatic carbocycles. The van der Waals surface area contributed by atoms with Crippen molar-refractivity contribution in [3.63, 3.8) is 0 Å². The van der Waals surface area contributed by atoms with Crippen LogP contribution in [0.2, 0.25) is 0 Å². The summed E-state index contributed by atoms with van der Waals surface area (Å²) in [5.41, 5.74) is 5.72. The molecule has 2 unspecified atom stereocenters. The number of rotatable bonds is 6. The van der Waals surface area contributed by atoms with Gasteiger partial charge < -0.3 is 15.8 Å². The molecule has 19 heavy (non-hydrogen) atoms. The van der Waals surface area contributed by atoms with Gasteiger partial charge in [-0.05, 0) is 38.3 Å². The molecule has 2 fully saturated rings. The molecule has 5 nitrogen and oxygen atoms in total. The van der Waals surface area contributed by atoms with Crippen molar-refractivity contribution in [2.75, 3.05) is 45.9 Å². The zero-order chi connectivity index (χ0) is 13.5. The molecule has 2 rings (SSSR count). The van der Waals surface area contributed by atoms with Crippen molar-refractivity contribution >= 4 is 5.91 Å². The number of hydrogen-bond acceptors (Lipinski definition) is 4. The minimum Gasteiger partial charge on any atom is -0.379 e. The van der Waals surface area contributed by atoms with E-state index in [4.69, 9.17) is 10.5 Å². The molecular formula is C14H27N3O2. The lowest BCUT2D eigenvalue weighted by atomic mass is 9.95. The van der Waals surface area contributed by atoms with Gasteiger partial charge in [0.2, 0.25) is 5.91 Å². The lowest BCUT2D eigenvalue weighted by molar-refractivity contribution is -0.125. The van der Waals surface area contributed by atoms with Crippen LogP contribution in [0, 0.1) is 11.8 Å². The van der Waals surface area contributed by atoms with Crippen LogP contribution in [0.15, 0.2) is 0 Å². The first-order valence-electron chi connectivity index (χ1n) is 7.59. The summed E-state index contributed by atoms with van der Waals surface area (Å²) in [7, 11) is 0. The van der Waals surface area contributed by atoms with Crippen molar-refractivity contribution < 1.29 is 9.53 Å². The second kappa shape index (κ2) is 7.82. The molecule has 0 aromatic heterocycles. The molecule has 0 bridgehead atoms. The van der Waals surface area contributed by atoms with Crippen LogP contribution in [0.25, 0.3) is 0 Å². The summed E-state index contributed by atoms with van der Waals surface area (Å²) in [5, 5.41) is 3.08. The number of ether oxygens (including phenoxy) is 1. The van der Waals surface area contributed by atoms with Gasteiger partial charge in [-0.1, -0.05) is 6.42 Å². The quantitative estimate of drug-likeness (QED) is 0.676. The summed E-state index contributed by atoms with van der Waals surface area (Å²) in [6, 6.07) is 0. The van der Waals surface area contributed by atoms with E-state index < -0.39 is 0 Å². The van der Waals surface area contributed by atoms with Crippen molar-refractivity contribution in [2.24, 2.45) is 17.6 Å². The predicted molar refractivity (Wildman–Crippen MR) is 74.8 cm³/mol. The summed E-state index contributed by atoms with van der Waals surface area (Å²) in [6.07, 6.45) is 4.29. The van der Waals surface area contributed by atoms with E-state index >= 15 is 0 Å². The van der Waals surface area contributed by atoms with Crippen LogP contribution < -0.4 is 11.1 Å². The molecule has 0 spiro atoms. The fourth-order valence-corrected chi connectivity index (χ4v) is 3.13. The van der Waals surface area contributed by atoms with E-state index in [1.807, 2.05) is 0 Å². The molecule has 1 saturated heterocycles. The zero-order valence-electron chi connectivity index (χ0n) is 11.8. The summed E-state index contributed by atoms with van der Waals surface area (Å²) < 4.78 is 5.31. The third kappa shape index (κ3) is 4.44. The van der Waals surface area contributed by atoms with E-state index in [1.165, 1.54) is 0 Å². The Morgan fingerprint density at radius 2 is 2.11 bits per heavy atom. The topological polar surface area (TPSA) is 67.6 Å². The number of nitrogens with two attached hydrogens (primary N) is 1. The number of carbonyl (C=O) groups is 1. The Labute approximate surface area is 115 Å². The number of hydrogen-bond donors (Lipinski definition) is 2. The van der Waals surface area contributed by atoms with Crippen molar-refractivity contribution in [3.8, 4) is 0 Å². The fraction of sp³-hybridized carbons (Fsp3) is 0.929. The average Bonchev–Trinajstić information content (AvgIpc) is 2.93. The zero-order valence-corrected chi connectivity index (χ0v) is 11.8. The Morgan fingerprint density at radius 1 is 1.32 bits per heavy atom. The van der Waals surface area contributed by atoms with Crippen LogP contribution in [0.4, 0.5) is 0 Å². The monoisotopic (exact) mass is 269 g/mol. The predicted octanol–water partition coefficient (Wildman–Crippen LogP) is 0.200. The van der Waals surface area contributed by atoms with Gasteiger partial charge in [-0.2, -0.15) is 0 Å². The van der Waals surface area contributed by atoms with Crippen LogP contribution in [-0.2, 0) is 9.53 Å². The van der Waals surface area contributed by atoms with Gasteiger partial charge in [-0.15, -0.1) is 0 Å². The van der Waals surface area contributed by atoms with Crippen LogP contribution >= 0.6 is 0 Å². The third-order valence-electron chi connectivity index (χ3n) is 4.35. The summed E-state index contributed by atoms with van der Waals surface area (Å²) in [6.45, 7) is 6.20. The first kappa shape index (κ1) is 14.8. The number of nitrogens with zero attached hydrogens (tertiary/aromatic N) is 1. The minimum atomic E-state index is 0.161. The Kier molecular flexibility index (Phi) is 6.07. The highest BCUT2D eigenvalue weighted by molar-refractivity contribution is 5.79. The van der Waals surface area contributed by atoms with Crippen molar-refractivity contribution in [3.05, 3.63) is 0 Å². The molecule has 1 aliphatic heterocycles. The van der Waals surface area contributed by atoms with Crippen LogP contribution in [0.1, 0.15) is 25.7 Å². The minimum absolute atomic E-state index is 0.161. The van der Waals surface area contributed by atoms with Gasteiger partial charge in [0.05, 0.1) is 13.2 Å². The van der Waals surface area contributed by atoms with E-state index in [2.05, 4.69) is 10.2 Å². The standard InChI is InChI=1S/C14H27N3O2/c15-11-12-3-1-4-13(12)14(18)16-5-2-6-17-7-9-19-10-8-17/h12-13H,1-11,15H2,(H,16,18). The second-order valence-electron chi connectivity index (χ2n) is 5.63. The molecule has 1 aliphatic carbocycles. The molecule has 0 radical (unpaired) electrons. The first-order chi connectivity index (χ1) is 9.31. The molecule has 2 aliphatic rings. The second-order valence-corrected chi connectivity index (χ2v) is 5.63. The molecule has 2 atom stereocenters. The maximum absolute atomic E-state index is 12.1. The molecule has 3 N–H and O–H groups in total. The molecule has 110 valence electrons. The van der Waals surface area contributed by atoms with Gasteiger partial charge in [0.25, 0.3) is 0 Å². The van der Waals surface area contributed by atoms with Crippen LogP contribution in [0.5, 0.6) is 0 Å². The van der Waals surface area contributed by atoms with E-state index in [1.54, 1.807) is 0 Å². The molecule has 5 heteroatoms. The molecule has 0 aromatic rings. The fourth-order valence-electron chi connectivity index (χ4n) is 3.13. The molecule has 1 amide bonds. The van der Waals surface area contributed by atoms with Gasteiger partial charge in [0, 0.05) is 25.6 Å². The van der Waals surface area contributed by atoms with Crippen LogP contribution in [0.3, 0.4) is 0 Å². The highest BCUT2D eigenvalue weighted by atomic mass is 16.5. The lowest BCUT2D eigenvalue weighted by Crippen LogP contribution is -2.39. The van der Waals surface area contributed by atoms with Gasteiger partial charge in [-0.25, -0.2) is 0 Å². The van der Waals surface area contributed by atoms with Gasteiger partial charge in [0.1, 0.15) is 0 Å². The average molecular weight is 269 g/mol. The van der Waals surface area contributed by atoms with Crippen molar-refractivity contribution in [1.82, 2.24) is 10.2 Å². The summed E-state index contributed by atoms with van der Waals surface area (Å²) in [4.78, 5) is 14.5. The Hall–Kier alpha value is -0.650. The van der Waals surface area contributed by atoms with E-state index in [9.17, 15) is 4.79 Å². The van der Waals surface area contributed by atoms with Gasteiger partial charge >= 0.3 is 0 Å². The molecular weight excluding hydrogens is 242 g/mol. The summed E-state index contributed by atoms with van der Waals surface area (Å²) in [5.74, 6) is 0.780. The van der Waals surface area contributed by atoms with Crippen LogP contribution in [-0.4, -0.2) is 56.7 Å². The number of morpholine rings is 1. The van der Waals surface area contributed by atoms with Gasteiger partial charge in [-0.3, -0.25) is 9.69 Å². The summed E-state index contributed by atoms with van der Waals surface area (Å²) >= 11 is 0. The first-order valence-corrected chi connectivity index (χ1v) is 7.59. The highest BCUT2D eigenvalue weighted by Gasteiger charge is 2.31. The smallest absolute Gasteiger partial charge is 0.223 e. The third-order valence-corrected chi connectivity index (χ3v) is 4.35. The molecule has 1 heterocycles. The Bertz CT molecular complexity index is 280. The Morgan fingerprint density at radius 3 is 2.84 bits per heavy atom. The normalized spacial score (nSPS) is 28.5. The maximum atomic E-state index is 12.1. The van der Waals surface area contributed by atoms with E-state index in [0.29, 0.717) is 12.5 Å². The number of nitrogens with one attached hydrogen (secondary N) is 1. The number of carbonyl (C=O) groups excluding carboxylic acids is 1. The van der Waals surface area contributed by atoms with Crippen molar-refractivity contribution in [2.45, 2.75) is 25.7 Å². The highest BCUT2D eigenvalue weighted by Crippen LogP contribution is 2.30. The Balaban J connectivity index is 1.58. The van der Waals surface area contributed by atoms with Gasteiger partial charge in [0.15, 0.2) is 0 Å². The molecule has 1 saturated carbocycles. The largest absolute Gasteiger partial charge is 0.379 e. The number of amides is 1. The lowest BCUT2D eigenvalue weighted by Gasteiger charge is -2.26. The van der Waals surface area contributed by atoms with E-state index in [-0.39, 0.29) is 11.8 Å². The SMILES string of the molecule is NCC1CCCC1C(=O)NCCCN1CCOCC1.